The molecule has 0 amide bonds. The number of halogens is 1. The summed E-state index contributed by atoms with van der Waals surface area (Å²) in [6.45, 7) is 2.44. The minimum absolute atomic E-state index is 0. The van der Waals surface area contributed by atoms with Crippen molar-refractivity contribution in [1.29, 1.82) is 0 Å². The van der Waals surface area contributed by atoms with E-state index in [1.54, 1.807) is 7.11 Å². The van der Waals surface area contributed by atoms with Crippen LogP contribution in [-0.4, -0.2) is 13.9 Å². The van der Waals surface area contributed by atoms with E-state index in [0.29, 0.717) is 11.5 Å². The zero-order valence-electron chi connectivity index (χ0n) is 11.5. The number of hydrogen-bond acceptors (Lipinski definition) is 4. The molecule has 108 valence electrons. The zero-order valence-corrected chi connectivity index (χ0v) is 12.3. The van der Waals surface area contributed by atoms with Crippen LogP contribution in [0.1, 0.15) is 44.2 Å². The van der Waals surface area contributed by atoms with E-state index < -0.39 is 0 Å². The van der Waals surface area contributed by atoms with E-state index in [1.807, 2.05) is 12.1 Å². The van der Waals surface area contributed by atoms with Crippen LogP contribution in [0.2, 0.25) is 0 Å². The predicted octanol–water partition coefficient (Wildman–Crippen LogP) is 3.43. The average molecular weight is 288 g/mol. The second kappa shape index (κ2) is 7.46. The Morgan fingerprint density at radius 2 is 2.11 bits per heavy atom. The fraction of sp³-hybridized carbons (Fsp3) is 0.571. The van der Waals surface area contributed by atoms with Gasteiger partial charge in [0.25, 0.3) is 0 Å². The van der Waals surface area contributed by atoms with Gasteiger partial charge in [-0.3, -0.25) is 0 Å². The summed E-state index contributed by atoms with van der Waals surface area (Å²) in [7, 11) is 1.63. The highest BCUT2D eigenvalue weighted by molar-refractivity contribution is 5.85. The van der Waals surface area contributed by atoms with Gasteiger partial charge in [0.05, 0.1) is 7.11 Å². The second-order valence-corrected chi connectivity index (χ2v) is 4.56. The molecule has 0 bridgehead atoms. The van der Waals surface area contributed by atoms with Crippen molar-refractivity contribution in [2.45, 2.75) is 38.6 Å². The molecule has 1 aromatic rings. The molecule has 1 aromatic carbocycles. The van der Waals surface area contributed by atoms with Crippen molar-refractivity contribution >= 4 is 12.4 Å². The summed E-state index contributed by atoms with van der Waals surface area (Å²) in [5, 5.41) is 0. The summed E-state index contributed by atoms with van der Waals surface area (Å²) in [5.41, 5.74) is 7.25. The summed E-state index contributed by atoms with van der Waals surface area (Å²) >= 11 is 0. The van der Waals surface area contributed by atoms with Gasteiger partial charge >= 0.3 is 0 Å². The molecule has 1 aliphatic heterocycles. The normalized spacial score (nSPS) is 13.8. The number of ether oxygens (including phenoxy) is 3. The van der Waals surface area contributed by atoms with Crippen molar-refractivity contribution < 1.29 is 14.2 Å². The quantitative estimate of drug-likeness (QED) is 0.815. The fourth-order valence-electron chi connectivity index (χ4n) is 2.14. The smallest absolute Gasteiger partial charge is 0.231 e. The first-order valence-corrected chi connectivity index (χ1v) is 6.49. The van der Waals surface area contributed by atoms with Crippen LogP contribution in [0.4, 0.5) is 0 Å². The topological polar surface area (TPSA) is 53.7 Å². The third-order valence-electron chi connectivity index (χ3n) is 3.23. The summed E-state index contributed by atoms with van der Waals surface area (Å²) in [5.74, 6) is 2.11. The van der Waals surface area contributed by atoms with Gasteiger partial charge in [0.1, 0.15) is 0 Å². The van der Waals surface area contributed by atoms with Crippen LogP contribution in [0, 0.1) is 0 Å². The molecule has 0 fully saturated rings. The first kappa shape index (κ1) is 15.9. The Balaban J connectivity index is 0.00000180. The number of fused-ring (bicyclic) bond motifs is 1. The Morgan fingerprint density at radius 3 is 2.79 bits per heavy atom. The minimum atomic E-state index is 0. The van der Waals surface area contributed by atoms with Crippen molar-refractivity contribution in [3.63, 3.8) is 0 Å². The fourth-order valence-corrected chi connectivity index (χ4v) is 2.14. The lowest BCUT2D eigenvalue weighted by molar-refractivity contribution is 0.171. The molecule has 4 nitrogen and oxygen atoms in total. The van der Waals surface area contributed by atoms with Crippen LogP contribution >= 0.6 is 12.4 Å². The molecule has 0 spiro atoms. The molecule has 1 atom stereocenters. The first-order chi connectivity index (χ1) is 8.76. The van der Waals surface area contributed by atoms with E-state index in [-0.39, 0.29) is 25.2 Å². The number of rotatable bonds is 6. The maximum Gasteiger partial charge on any atom is 0.231 e. The minimum Gasteiger partial charge on any atom is -0.493 e. The second-order valence-electron chi connectivity index (χ2n) is 4.56. The molecule has 2 N–H and O–H groups in total. The molecule has 0 saturated carbocycles. The zero-order chi connectivity index (χ0) is 13.0. The lowest BCUT2D eigenvalue weighted by Crippen LogP contribution is -2.10. The van der Waals surface area contributed by atoms with E-state index in [0.717, 1.165) is 24.2 Å². The van der Waals surface area contributed by atoms with Crippen LogP contribution < -0.4 is 19.9 Å². The molecule has 19 heavy (non-hydrogen) atoms. The Bertz CT molecular complexity index is 412. The summed E-state index contributed by atoms with van der Waals surface area (Å²) < 4.78 is 16.1. The van der Waals surface area contributed by atoms with Crippen molar-refractivity contribution in [2.75, 3.05) is 13.9 Å². The third kappa shape index (κ3) is 3.67. The number of benzene rings is 1. The van der Waals surface area contributed by atoms with Crippen LogP contribution in [-0.2, 0) is 0 Å². The Kier molecular flexibility index (Phi) is 6.25. The Labute approximate surface area is 120 Å². The molecule has 1 aliphatic rings. The van der Waals surface area contributed by atoms with Gasteiger partial charge in [-0.1, -0.05) is 26.2 Å². The SMILES string of the molecule is CCCCC[C@@H](N)c1cc(OC)c2c(c1)OCO2.Cl. The maximum atomic E-state index is 6.20. The van der Waals surface area contributed by atoms with Gasteiger partial charge in [-0.2, -0.15) is 0 Å². The first-order valence-electron chi connectivity index (χ1n) is 6.49. The number of hydrogen-bond donors (Lipinski definition) is 1. The van der Waals surface area contributed by atoms with Crippen molar-refractivity contribution in [1.82, 2.24) is 0 Å². The third-order valence-corrected chi connectivity index (χ3v) is 3.23. The summed E-state index contributed by atoms with van der Waals surface area (Å²) in [6, 6.07) is 3.94. The average Bonchev–Trinajstić information content (AvgIpc) is 2.85. The Hall–Kier alpha value is -1.13. The van der Waals surface area contributed by atoms with Gasteiger partial charge in [0.2, 0.25) is 12.5 Å². The Morgan fingerprint density at radius 1 is 1.32 bits per heavy atom. The summed E-state index contributed by atoms with van der Waals surface area (Å²) in [4.78, 5) is 0. The summed E-state index contributed by atoms with van der Waals surface area (Å²) in [6.07, 6.45) is 4.55. The molecule has 1 heterocycles. The molecule has 0 aromatic heterocycles. The van der Waals surface area contributed by atoms with Crippen molar-refractivity contribution in [2.24, 2.45) is 5.73 Å². The number of methoxy groups -OCH3 is 1. The van der Waals surface area contributed by atoms with Gasteiger partial charge in [-0.05, 0) is 24.1 Å². The molecular formula is C14H22ClNO3. The molecular weight excluding hydrogens is 266 g/mol. The molecule has 0 unspecified atom stereocenters. The van der Waals surface area contributed by atoms with Crippen LogP contribution in [0.5, 0.6) is 17.2 Å². The predicted molar refractivity (Wildman–Crippen MR) is 77.4 cm³/mol. The number of nitrogens with two attached hydrogens (primary N) is 1. The number of unbranched alkanes of at least 4 members (excludes halogenated alkanes) is 2. The van der Waals surface area contributed by atoms with Crippen molar-refractivity contribution in [3.8, 4) is 17.2 Å². The molecule has 0 radical (unpaired) electrons. The van der Waals surface area contributed by atoms with Crippen LogP contribution in [0.15, 0.2) is 12.1 Å². The lowest BCUT2D eigenvalue weighted by atomic mass is 10.0. The largest absolute Gasteiger partial charge is 0.493 e. The van der Waals surface area contributed by atoms with Gasteiger partial charge in [0, 0.05) is 6.04 Å². The van der Waals surface area contributed by atoms with E-state index >= 15 is 0 Å². The molecule has 2 rings (SSSR count). The monoisotopic (exact) mass is 287 g/mol. The van der Waals surface area contributed by atoms with Crippen LogP contribution in [0.25, 0.3) is 0 Å². The highest BCUT2D eigenvalue weighted by atomic mass is 35.5. The van der Waals surface area contributed by atoms with E-state index in [1.165, 1.54) is 12.8 Å². The molecule has 0 saturated heterocycles. The van der Waals surface area contributed by atoms with Crippen molar-refractivity contribution in [3.05, 3.63) is 17.7 Å². The van der Waals surface area contributed by atoms with E-state index in [2.05, 4.69) is 6.92 Å². The van der Waals surface area contributed by atoms with E-state index in [9.17, 15) is 0 Å². The van der Waals surface area contributed by atoms with Gasteiger partial charge in [-0.15, -0.1) is 12.4 Å². The lowest BCUT2D eigenvalue weighted by Gasteiger charge is -2.14. The molecule has 5 heteroatoms. The highest BCUT2D eigenvalue weighted by Gasteiger charge is 2.21. The van der Waals surface area contributed by atoms with Gasteiger partial charge in [-0.25, -0.2) is 0 Å². The highest BCUT2D eigenvalue weighted by Crippen LogP contribution is 2.43. The van der Waals surface area contributed by atoms with Gasteiger partial charge in [0.15, 0.2) is 11.5 Å². The van der Waals surface area contributed by atoms with E-state index in [4.69, 9.17) is 19.9 Å². The van der Waals surface area contributed by atoms with Gasteiger partial charge < -0.3 is 19.9 Å². The van der Waals surface area contributed by atoms with Crippen LogP contribution in [0.3, 0.4) is 0 Å². The molecule has 0 aliphatic carbocycles. The maximum absolute atomic E-state index is 6.20. The standard InChI is InChI=1S/C14H21NO3.ClH/c1-3-4-5-6-11(15)10-7-12(16-2)14-13(8-10)17-9-18-14;/h7-8,11H,3-6,9,15H2,1-2H3;1H/t11-;/m1./s1.